The van der Waals surface area contributed by atoms with Gasteiger partial charge < -0.3 is 19.5 Å². The number of nitrogens with zero attached hydrogens (tertiary/aromatic N) is 1. The van der Waals surface area contributed by atoms with Gasteiger partial charge in [0, 0.05) is 6.54 Å². The van der Waals surface area contributed by atoms with Gasteiger partial charge in [-0.2, -0.15) is 0 Å². The molecule has 0 aliphatic carbocycles. The van der Waals surface area contributed by atoms with Crippen LogP contribution in [0, 0.1) is 0 Å². The van der Waals surface area contributed by atoms with Crippen molar-refractivity contribution in [2.75, 3.05) is 52.7 Å². The summed E-state index contributed by atoms with van der Waals surface area (Å²) in [7, 11) is 0. The van der Waals surface area contributed by atoms with Gasteiger partial charge in [0.1, 0.15) is 0 Å². The van der Waals surface area contributed by atoms with Gasteiger partial charge >= 0.3 is 0 Å². The third-order valence-electron chi connectivity index (χ3n) is 2.15. The lowest BCUT2D eigenvalue weighted by molar-refractivity contribution is 0.0269. The molecule has 4 heteroatoms. The summed E-state index contributed by atoms with van der Waals surface area (Å²) in [4.78, 5) is 2.37. The van der Waals surface area contributed by atoms with Gasteiger partial charge in [-0.15, -0.1) is 0 Å². The van der Waals surface area contributed by atoms with Crippen LogP contribution in [0.3, 0.4) is 0 Å². The zero-order valence-corrected chi connectivity index (χ0v) is 10.1. The largest absolute Gasteiger partial charge is 0.394 e. The molecular weight excluding hydrogens is 194 g/mol. The number of rotatable bonds is 11. The van der Waals surface area contributed by atoms with Crippen LogP contribution < -0.4 is 0 Å². The lowest BCUT2D eigenvalue weighted by atomic mass is 10.4. The number of likely N-dealkylation sites (N-methyl/N-ethyl adjacent to an activating group) is 1. The van der Waals surface area contributed by atoms with Crippen LogP contribution in [0.1, 0.15) is 20.3 Å². The third-order valence-corrected chi connectivity index (χ3v) is 2.15. The molecule has 0 heterocycles. The SMILES string of the molecule is CCCN(CC)CCOCCOCCO. The Hall–Kier alpha value is -0.160. The minimum absolute atomic E-state index is 0.0834. The summed E-state index contributed by atoms with van der Waals surface area (Å²) in [6.07, 6.45) is 1.19. The summed E-state index contributed by atoms with van der Waals surface area (Å²) in [5.41, 5.74) is 0. The van der Waals surface area contributed by atoms with Gasteiger partial charge in [-0.25, -0.2) is 0 Å². The van der Waals surface area contributed by atoms with E-state index >= 15 is 0 Å². The van der Waals surface area contributed by atoms with Gasteiger partial charge in [-0.1, -0.05) is 13.8 Å². The topological polar surface area (TPSA) is 41.9 Å². The van der Waals surface area contributed by atoms with Gasteiger partial charge in [-0.3, -0.25) is 0 Å². The van der Waals surface area contributed by atoms with Crippen molar-refractivity contribution in [1.82, 2.24) is 4.90 Å². The summed E-state index contributed by atoms with van der Waals surface area (Å²) < 4.78 is 10.5. The second-order valence-corrected chi connectivity index (χ2v) is 3.38. The summed E-state index contributed by atoms with van der Waals surface area (Å²) in [6.45, 7) is 10.00. The van der Waals surface area contributed by atoms with Crippen molar-refractivity contribution in [3.63, 3.8) is 0 Å². The molecule has 92 valence electrons. The van der Waals surface area contributed by atoms with Crippen molar-refractivity contribution in [3.8, 4) is 0 Å². The number of hydrogen-bond donors (Lipinski definition) is 1. The minimum Gasteiger partial charge on any atom is -0.394 e. The van der Waals surface area contributed by atoms with E-state index in [1.165, 1.54) is 6.42 Å². The first-order valence-corrected chi connectivity index (χ1v) is 5.83. The van der Waals surface area contributed by atoms with E-state index in [4.69, 9.17) is 14.6 Å². The van der Waals surface area contributed by atoms with E-state index in [1.54, 1.807) is 0 Å². The van der Waals surface area contributed by atoms with E-state index in [1.807, 2.05) is 0 Å². The van der Waals surface area contributed by atoms with Crippen molar-refractivity contribution in [1.29, 1.82) is 0 Å². The summed E-state index contributed by atoms with van der Waals surface area (Å²) in [5, 5.41) is 8.46. The molecule has 0 radical (unpaired) electrons. The fourth-order valence-corrected chi connectivity index (χ4v) is 1.32. The average Bonchev–Trinajstić information content (AvgIpc) is 2.26. The van der Waals surface area contributed by atoms with Crippen LogP contribution in [-0.4, -0.2) is 62.7 Å². The lowest BCUT2D eigenvalue weighted by Gasteiger charge is -2.19. The molecule has 0 fully saturated rings. The average molecular weight is 219 g/mol. The van der Waals surface area contributed by atoms with E-state index in [2.05, 4.69) is 18.7 Å². The predicted molar refractivity (Wildman–Crippen MR) is 61.1 cm³/mol. The van der Waals surface area contributed by atoms with Gasteiger partial charge in [0.2, 0.25) is 0 Å². The summed E-state index contributed by atoms with van der Waals surface area (Å²) >= 11 is 0. The van der Waals surface area contributed by atoms with Crippen molar-refractivity contribution in [2.24, 2.45) is 0 Å². The fourth-order valence-electron chi connectivity index (χ4n) is 1.32. The monoisotopic (exact) mass is 219 g/mol. The molecule has 1 N–H and O–H groups in total. The second kappa shape index (κ2) is 11.9. The Labute approximate surface area is 93.2 Å². The molecule has 0 saturated carbocycles. The molecule has 0 aromatic heterocycles. The Morgan fingerprint density at radius 1 is 0.933 bits per heavy atom. The van der Waals surface area contributed by atoms with Gasteiger partial charge in [0.25, 0.3) is 0 Å². The molecule has 0 bridgehead atoms. The highest BCUT2D eigenvalue weighted by atomic mass is 16.5. The Balaban J connectivity index is 3.14. The van der Waals surface area contributed by atoms with Crippen LogP contribution in [0.2, 0.25) is 0 Å². The zero-order chi connectivity index (χ0) is 11.4. The second-order valence-electron chi connectivity index (χ2n) is 3.38. The molecule has 0 spiro atoms. The van der Waals surface area contributed by atoms with Gasteiger partial charge in [-0.05, 0) is 19.5 Å². The highest BCUT2D eigenvalue weighted by Crippen LogP contribution is 1.90. The van der Waals surface area contributed by atoms with Crippen molar-refractivity contribution < 1.29 is 14.6 Å². The van der Waals surface area contributed by atoms with Gasteiger partial charge in [0.05, 0.1) is 33.0 Å². The maximum absolute atomic E-state index is 8.46. The zero-order valence-electron chi connectivity index (χ0n) is 10.1. The number of ether oxygens (including phenoxy) is 2. The number of aliphatic hydroxyl groups excluding tert-OH is 1. The standard InChI is InChI=1S/C11H25NO3/c1-3-5-12(4-2)6-8-14-10-11-15-9-7-13/h13H,3-11H2,1-2H3. The van der Waals surface area contributed by atoms with Crippen molar-refractivity contribution >= 4 is 0 Å². The number of hydrogen-bond acceptors (Lipinski definition) is 4. The Kier molecular flexibility index (Phi) is 11.8. The third kappa shape index (κ3) is 10.1. The molecule has 0 rings (SSSR count). The summed E-state index contributed by atoms with van der Waals surface area (Å²) in [6, 6.07) is 0. The minimum atomic E-state index is 0.0834. The first kappa shape index (κ1) is 14.8. The van der Waals surface area contributed by atoms with E-state index in [0.29, 0.717) is 19.8 Å². The van der Waals surface area contributed by atoms with Crippen LogP contribution in [0.4, 0.5) is 0 Å². The lowest BCUT2D eigenvalue weighted by Crippen LogP contribution is -2.28. The smallest absolute Gasteiger partial charge is 0.0701 e. The molecule has 0 aromatic rings. The molecule has 0 aromatic carbocycles. The molecule has 0 atom stereocenters. The Morgan fingerprint density at radius 3 is 2.13 bits per heavy atom. The number of aliphatic hydroxyl groups is 1. The highest BCUT2D eigenvalue weighted by Gasteiger charge is 1.99. The maximum Gasteiger partial charge on any atom is 0.0701 e. The van der Waals surface area contributed by atoms with E-state index in [9.17, 15) is 0 Å². The normalized spacial score (nSPS) is 11.2. The first-order chi connectivity index (χ1) is 7.35. The molecule has 0 amide bonds. The maximum atomic E-state index is 8.46. The van der Waals surface area contributed by atoms with Crippen LogP contribution in [0.25, 0.3) is 0 Å². The van der Waals surface area contributed by atoms with Crippen LogP contribution >= 0.6 is 0 Å². The molecular formula is C11H25NO3. The van der Waals surface area contributed by atoms with E-state index < -0.39 is 0 Å². The molecule has 4 nitrogen and oxygen atoms in total. The first-order valence-electron chi connectivity index (χ1n) is 5.83. The Bertz CT molecular complexity index is 122. The summed E-state index contributed by atoms with van der Waals surface area (Å²) in [5.74, 6) is 0. The molecule has 15 heavy (non-hydrogen) atoms. The predicted octanol–water partition coefficient (Wildman–Crippen LogP) is 0.744. The molecule has 0 aliphatic heterocycles. The van der Waals surface area contributed by atoms with E-state index in [0.717, 1.165) is 26.2 Å². The van der Waals surface area contributed by atoms with Gasteiger partial charge in [0.15, 0.2) is 0 Å². The molecule has 0 saturated heterocycles. The van der Waals surface area contributed by atoms with Crippen molar-refractivity contribution in [3.05, 3.63) is 0 Å². The highest BCUT2D eigenvalue weighted by molar-refractivity contribution is 4.52. The quantitative estimate of drug-likeness (QED) is 0.521. The molecule has 0 unspecified atom stereocenters. The van der Waals surface area contributed by atoms with Crippen LogP contribution in [0.5, 0.6) is 0 Å². The fraction of sp³-hybridized carbons (Fsp3) is 1.00. The van der Waals surface area contributed by atoms with E-state index in [-0.39, 0.29) is 6.61 Å². The Morgan fingerprint density at radius 2 is 1.60 bits per heavy atom. The van der Waals surface area contributed by atoms with Crippen LogP contribution in [-0.2, 0) is 9.47 Å². The van der Waals surface area contributed by atoms with Crippen LogP contribution in [0.15, 0.2) is 0 Å². The van der Waals surface area contributed by atoms with Crippen molar-refractivity contribution in [2.45, 2.75) is 20.3 Å². The molecule has 0 aliphatic rings.